The van der Waals surface area contributed by atoms with E-state index in [-0.39, 0.29) is 36.2 Å². The molecule has 1 saturated heterocycles. The predicted molar refractivity (Wildman–Crippen MR) is 116 cm³/mol. The number of amides is 2. The molecule has 0 saturated carbocycles. The summed E-state index contributed by atoms with van der Waals surface area (Å²) in [5, 5.41) is 2.77. The maximum Gasteiger partial charge on any atom is 0.416 e. The summed E-state index contributed by atoms with van der Waals surface area (Å²) in [6.45, 7) is 5.40. The maximum absolute atomic E-state index is 13.5. The van der Waals surface area contributed by atoms with E-state index in [2.05, 4.69) is 5.32 Å². The number of ether oxygens (including phenoxy) is 1. The normalized spacial score (nSPS) is 19.3. The Morgan fingerprint density at radius 3 is 2.67 bits per heavy atom. The molecule has 9 heteroatoms. The van der Waals surface area contributed by atoms with Gasteiger partial charge < -0.3 is 19.5 Å². The summed E-state index contributed by atoms with van der Waals surface area (Å²) in [7, 11) is 0. The first-order valence-corrected chi connectivity index (χ1v) is 11.3. The third-order valence-electron chi connectivity index (χ3n) is 6.54. The summed E-state index contributed by atoms with van der Waals surface area (Å²) in [6.07, 6.45) is -2.37. The van der Waals surface area contributed by atoms with E-state index in [1.165, 1.54) is 18.2 Å². The van der Waals surface area contributed by atoms with Gasteiger partial charge in [-0.3, -0.25) is 9.59 Å². The van der Waals surface area contributed by atoms with E-state index >= 15 is 0 Å². The van der Waals surface area contributed by atoms with Crippen molar-refractivity contribution in [2.24, 2.45) is 0 Å². The van der Waals surface area contributed by atoms with Crippen LogP contribution < -0.4 is 5.32 Å². The minimum atomic E-state index is -4.52. The van der Waals surface area contributed by atoms with Crippen LogP contribution >= 0.6 is 0 Å². The molecule has 2 aromatic rings. The van der Waals surface area contributed by atoms with Crippen LogP contribution in [-0.2, 0) is 24.1 Å². The summed E-state index contributed by atoms with van der Waals surface area (Å²) < 4.78 is 47.9. The molecule has 0 aliphatic carbocycles. The van der Waals surface area contributed by atoms with Crippen LogP contribution in [0.3, 0.4) is 0 Å². The average Bonchev–Trinajstić information content (AvgIpc) is 3.40. The van der Waals surface area contributed by atoms with Gasteiger partial charge in [-0.15, -0.1) is 0 Å². The summed E-state index contributed by atoms with van der Waals surface area (Å²) in [6, 6.07) is 6.15. The van der Waals surface area contributed by atoms with Crippen molar-refractivity contribution in [3.05, 3.63) is 58.4 Å². The molecule has 0 bridgehead atoms. The maximum atomic E-state index is 13.5. The second kappa shape index (κ2) is 9.21. The number of carbonyl (C=O) groups excluding carboxylic acids is 2. The van der Waals surface area contributed by atoms with Crippen molar-refractivity contribution in [2.45, 2.75) is 64.5 Å². The second-order valence-electron chi connectivity index (χ2n) is 8.60. The Morgan fingerprint density at radius 2 is 2.00 bits per heavy atom. The molecule has 2 amide bonds. The molecule has 33 heavy (non-hydrogen) atoms. The van der Waals surface area contributed by atoms with Crippen molar-refractivity contribution in [3.63, 3.8) is 0 Å². The fraction of sp³-hybridized carbons (Fsp3) is 0.500. The minimum Gasteiger partial charge on any atom is -0.373 e. The molecule has 2 aliphatic heterocycles. The van der Waals surface area contributed by atoms with E-state index in [0.717, 1.165) is 18.9 Å². The average molecular weight is 464 g/mol. The van der Waals surface area contributed by atoms with Gasteiger partial charge in [-0.05, 0) is 43.9 Å². The summed E-state index contributed by atoms with van der Waals surface area (Å²) in [5.41, 5.74) is 0.599. The molecule has 178 valence electrons. The van der Waals surface area contributed by atoms with E-state index in [9.17, 15) is 22.8 Å². The first kappa shape index (κ1) is 23.4. The molecule has 4 rings (SSSR count). The lowest BCUT2D eigenvalue weighted by Gasteiger charge is -2.24. The van der Waals surface area contributed by atoms with Gasteiger partial charge >= 0.3 is 6.18 Å². The lowest BCUT2D eigenvalue weighted by atomic mass is 9.98. The van der Waals surface area contributed by atoms with E-state index in [1.807, 2.05) is 6.92 Å². The molecular weight excluding hydrogens is 435 g/mol. The van der Waals surface area contributed by atoms with E-state index < -0.39 is 23.7 Å². The van der Waals surface area contributed by atoms with Gasteiger partial charge in [0.05, 0.1) is 36.1 Å². The third-order valence-corrected chi connectivity index (χ3v) is 6.54. The number of aromatic nitrogens is 1. The topological polar surface area (TPSA) is 63.6 Å². The highest BCUT2D eigenvalue weighted by Crippen LogP contribution is 2.35. The summed E-state index contributed by atoms with van der Waals surface area (Å²) in [5.74, 6) is -0.641. The Bertz CT molecular complexity index is 1050. The van der Waals surface area contributed by atoms with Gasteiger partial charge in [0, 0.05) is 19.1 Å². The van der Waals surface area contributed by atoms with E-state index in [1.54, 1.807) is 22.5 Å². The molecule has 1 aromatic carbocycles. The largest absolute Gasteiger partial charge is 0.416 e. The Balaban J connectivity index is 1.65. The van der Waals surface area contributed by atoms with Gasteiger partial charge in [-0.1, -0.05) is 25.1 Å². The Morgan fingerprint density at radius 1 is 1.24 bits per heavy atom. The smallest absolute Gasteiger partial charge is 0.373 e. The van der Waals surface area contributed by atoms with Crippen molar-refractivity contribution in [3.8, 4) is 0 Å². The van der Waals surface area contributed by atoms with Crippen LogP contribution in [0.4, 0.5) is 13.2 Å². The minimum absolute atomic E-state index is 0.0248. The van der Waals surface area contributed by atoms with E-state index in [0.29, 0.717) is 31.0 Å². The number of halogens is 3. The number of nitrogens with one attached hydrogen (secondary N) is 1. The first-order valence-electron chi connectivity index (χ1n) is 11.3. The van der Waals surface area contributed by atoms with Crippen molar-refractivity contribution < 1.29 is 27.5 Å². The number of carbonyl (C=O) groups is 2. The number of benzene rings is 1. The van der Waals surface area contributed by atoms with Gasteiger partial charge in [-0.2, -0.15) is 13.2 Å². The zero-order valence-electron chi connectivity index (χ0n) is 18.7. The van der Waals surface area contributed by atoms with Crippen LogP contribution in [0, 0.1) is 0 Å². The monoisotopic (exact) mass is 463 g/mol. The predicted octanol–water partition coefficient (Wildman–Crippen LogP) is 4.54. The SMILES string of the molecule is CCC(NC(=O)c1cc(C(=O)N2CCCC2C)c2n1CCOC2)c1ccccc1C(F)(F)F. The van der Waals surface area contributed by atoms with Crippen LogP contribution in [0.5, 0.6) is 0 Å². The van der Waals surface area contributed by atoms with Crippen molar-refractivity contribution in [2.75, 3.05) is 13.2 Å². The summed E-state index contributed by atoms with van der Waals surface area (Å²) >= 11 is 0. The fourth-order valence-corrected chi connectivity index (χ4v) is 4.78. The van der Waals surface area contributed by atoms with Crippen LogP contribution in [-0.4, -0.2) is 40.5 Å². The zero-order chi connectivity index (χ0) is 23.8. The molecule has 6 nitrogen and oxygen atoms in total. The molecule has 0 radical (unpaired) electrons. The van der Waals surface area contributed by atoms with Gasteiger partial charge in [0.25, 0.3) is 11.8 Å². The highest BCUT2D eigenvalue weighted by Gasteiger charge is 2.36. The van der Waals surface area contributed by atoms with Crippen LogP contribution in [0.15, 0.2) is 30.3 Å². The standard InChI is InChI=1S/C24H28F3N3O3/c1-3-19(16-8-4-5-9-18(16)24(25,26)27)28-22(31)20-13-17(21-14-33-12-11-30(20)21)23(32)29-10-6-7-15(29)2/h4-5,8-9,13,15,19H,3,6-7,10-12,14H2,1-2H3,(H,28,31). The molecule has 1 fully saturated rings. The van der Waals surface area contributed by atoms with Crippen LogP contribution in [0.25, 0.3) is 0 Å². The molecule has 2 atom stereocenters. The van der Waals surface area contributed by atoms with Gasteiger partial charge in [0.1, 0.15) is 5.69 Å². The van der Waals surface area contributed by atoms with Crippen molar-refractivity contribution >= 4 is 11.8 Å². The lowest BCUT2D eigenvalue weighted by molar-refractivity contribution is -0.138. The lowest BCUT2D eigenvalue weighted by Crippen LogP contribution is -2.34. The second-order valence-corrected chi connectivity index (χ2v) is 8.60. The van der Waals surface area contributed by atoms with Crippen LogP contribution in [0.2, 0.25) is 0 Å². The number of hydrogen-bond donors (Lipinski definition) is 1. The molecule has 1 aromatic heterocycles. The van der Waals surface area contributed by atoms with Crippen molar-refractivity contribution in [1.29, 1.82) is 0 Å². The quantitative estimate of drug-likeness (QED) is 0.708. The zero-order valence-corrected chi connectivity index (χ0v) is 18.7. The number of hydrogen-bond acceptors (Lipinski definition) is 3. The Labute approximate surface area is 190 Å². The highest BCUT2D eigenvalue weighted by molar-refractivity contribution is 6.01. The number of alkyl halides is 3. The highest BCUT2D eigenvalue weighted by atomic mass is 19.4. The number of fused-ring (bicyclic) bond motifs is 1. The first-order chi connectivity index (χ1) is 15.7. The molecule has 3 heterocycles. The third kappa shape index (κ3) is 4.51. The fourth-order valence-electron chi connectivity index (χ4n) is 4.78. The molecule has 2 aliphatic rings. The molecule has 2 unspecified atom stereocenters. The molecular formula is C24H28F3N3O3. The Hall–Kier alpha value is -2.81. The number of likely N-dealkylation sites (tertiary alicyclic amines) is 1. The molecule has 1 N–H and O–H groups in total. The van der Waals surface area contributed by atoms with Gasteiger partial charge in [0.2, 0.25) is 0 Å². The Kier molecular flexibility index (Phi) is 6.52. The number of rotatable bonds is 5. The summed E-state index contributed by atoms with van der Waals surface area (Å²) in [4.78, 5) is 28.3. The molecule has 0 spiro atoms. The van der Waals surface area contributed by atoms with E-state index in [4.69, 9.17) is 4.74 Å². The van der Waals surface area contributed by atoms with Gasteiger partial charge in [0.15, 0.2) is 0 Å². The van der Waals surface area contributed by atoms with Crippen LogP contribution in [0.1, 0.15) is 76.8 Å². The number of nitrogens with zero attached hydrogens (tertiary/aromatic N) is 2. The van der Waals surface area contributed by atoms with Crippen molar-refractivity contribution in [1.82, 2.24) is 14.8 Å². The van der Waals surface area contributed by atoms with Gasteiger partial charge in [-0.25, -0.2) is 0 Å².